The van der Waals surface area contributed by atoms with Gasteiger partial charge < -0.3 is 9.32 Å². The fraction of sp³-hybridized carbons (Fsp3) is 0.333. The summed E-state index contributed by atoms with van der Waals surface area (Å²) in [7, 11) is 0. The highest BCUT2D eigenvalue weighted by atomic mass is 35.5. The third-order valence-corrected chi connectivity index (χ3v) is 5.12. The van der Waals surface area contributed by atoms with Crippen molar-refractivity contribution >= 4 is 23.3 Å². The third kappa shape index (κ3) is 4.41. The molecule has 0 aliphatic carbocycles. The summed E-state index contributed by atoms with van der Waals surface area (Å²) in [5.41, 5.74) is 2.41. The van der Waals surface area contributed by atoms with Crippen LogP contribution in [0.25, 0.3) is 17.2 Å². The van der Waals surface area contributed by atoms with E-state index in [-0.39, 0.29) is 24.9 Å². The van der Waals surface area contributed by atoms with E-state index >= 15 is 0 Å². The third-order valence-electron chi connectivity index (χ3n) is 4.79. The number of amides is 1. The van der Waals surface area contributed by atoms with E-state index in [0.29, 0.717) is 34.0 Å². The number of halogens is 1. The average Bonchev–Trinajstić information content (AvgIpc) is 3.33. The summed E-state index contributed by atoms with van der Waals surface area (Å²) in [6, 6.07) is 9.06. The molecule has 0 saturated heterocycles. The molecule has 9 nitrogen and oxygen atoms in total. The van der Waals surface area contributed by atoms with E-state index in [1.165, 1.54) is 0 Å². The Morgan fingerprint density at radius 3 is 2.71 bits per heavy atom. The van der Waals surface area contributed by atoms with Crippen LogP contribution in [0.3, 0.4) is 0 Å². The number of aromatic nitrogens is 6. The van der Waals surface area contributed by atoms with Gasteiger partial charge in [0.2, 0.25) is 17.7 Å². The van der Waals surface area contributed by atoms with Gasteiger partial charge in [-0.25, -0.2) is 9.50 Å². The van der Waals surface area contributed by atoms with E-state index in [0.717, 1.165) is 11.4 Å². The van der Waals surface area contributed by atoms with Gasteiger partial charge >= 0.3 is 0 Å². The summed E-state index contributed by atoms with van der Waals surface area (Å²) in [4.78, 5) is 23.5. The summed E-state index contributed by atoms with van der Waals surface area (Å²) in [6.07, 6.45) is 0.0472. The van der Waals surface area contributed by atoms with Crippen molar-refractivity contribution in [1.29, 1.82) is 0 Å². The predicted molar refractivity (Wildman–Crippen MR) is 114 cm³/mol. The first kappa shape index (κ1) is 20.9. The fourth-order valence-electron chi connectivity index (χ4n) is 3.28. The molecule has 0 unspecified atom stereocenters. The molecule has 1 amide bonds. The lowest BCUT2D eigenvalue weighted by Gasteiger charge is -2.24. The normalized spacial score (nSPS) is 11.4. The van der Waals surface area contributed by atoms with Crippen LogP contribution in [0.15, 0.2) is 34.7 Å². The summed E-state index contributed by atoms with van der Waals surface area (Å²) in [6.45, 7) is 7.85. The number of aryl methyl sites for hydroxylation is 2. The van der Waals surface area contributed by atoms with Crippen LogP contribution in [0.1, 0.15) is 37.0 Å². The molecule has 4 aromatic rings. The smallest absolute Gasteiger partial charge is 0.252 e. The van der Waals surface area contributed by atoms with Crippen molar-refractivity contribution in [2.24, 2.45) is 0 Å². The monoisotopic (exact) mass is 439 g/mol. The predicted octanol–water partition coefficient (Wildman–Crippen LogP) is 3.42. The van der Waals surface area contributed by atoms with E-state index in [1.807, 2.05) is 45.9 Å². The number of benzene rings is 1. The minimum Gasteiger partial charge on any atom is -0.419 e. The van der Waals surface area contributed by atoms with Gasteiger partial charge in [-0.3, -0.25) is 4.79 Å². The highest BCUT2D eigenvalue weighted by Crippen LogP contribution is 2.26. The Hall–Kier alpha value is -3.33. The first-order valence-electron chi connectivity index (χ1n) is 9.88. The molecule has 0 saturated carbocycles. The zero-order valence-corrected chi connectivity index (χ0v) is 18.5. The van der Waals surface area contributed by atoms with Crippen molar-refractivity contribution in [3.63, 3.8) is 0 Å². The Bertz CT molecular complexity index is 1250. The number of carbonyl (C=O) groups excluding carboxylic acids is 1. The highest BCUT2D eigenvalue weighted by molar-refractivity contribution is 6.33. The van der Waals surface area contributed by atoms with Crippen molar-refractivity contribution < 1.29 is 9.21 Å². The number of carbonyl (C=O) groups is 1. The molecule has 4 rings (SSSR count). The number of nitrogens with zero attached hydrogens (tertiary/aromatic N) is 7. The van der Waals surface area contributed by atoms with Gasteiger partial charge in [0.15, 0.2) is 5.82 Å². The second-order valence-electron chi connectivity index (χ2n) is 7.55. The zero-order valence-electron chi connectivity index (χ0n) is 17.7. The molecule has 0 atom stereocenters. The number of fused-ring (bicyclic) bond motifs is 1. The van der Waals surface area contributed by atoms with Gasteiger partial charge in [-0.2, -0.15) is 4.98 Å². The van der Waals surface area contributed by atoms with Crippen LogP contribution in [0.2, 0.25) is 5.02 Å². The molecule has 0 fully saturated rings. The Morgan fingerprint density at radius 1 is 1.19 bits per heavy atom. The van der Waals surface area contributed by atoms with Crippen molar-refractivity contribution in [3.05, 3.63) is 58.5 Å². The molecule has 31 heavy (non-hydrogen) atoms. The first-order valence-corrected chi connectivity index (χ1v) is 10.3. The summed E-state index contributed by atoms with van der Waals surface area (Å²) < 4.78 is 7.40. The maximum Gasteiger partial charge on any atom is 0.252 e. The van der Waals surface area contributed by atoms with E-state index in [9.17, 15) is 4.79 Å². The molecule has 0 radical (unpaired) electrons. The second kappa shape index (κ2) is 8.43. The van der Waals surface area contributed by atoms with Crippen molar-refractivity contribution in [2.75, 3.05) is 0 Å². The minimum absolute atomic E-state index is 0.0472. The van der Waals surface area contributed by atoms with E-state index in [1.54, 1.807) is 21.5 Å². The largest absolute Gasteiger partial charge is 0.419 e. The van der Waals surface area contributed by atoms with Crippen LogP contribution in [-0.2, 0) is 17.8 Å². The van der Waals surface area contributed by atoms with Gasteiger partial charge in [-0.15, -0.1) is 15.3 Å². The number of hydrogen-bond donors (Lipinski definition) is 0. The van der Waals surface area contributed by atoms with Crippen molar-refractivity contribution in [3.8, 4) is 11.5 Å². The lowest BCUT2D eigenvalue weighted by molar-refractivity contribution is -0.133. The standard InChI is InChI=1S/C21H22ClN7O2/c1-12(2)28(11-18-25-26-20(31-18)15-7-5-6-8-16(15)22)19(30)10-17-24-21-23-13(3)9-14(4)29(21)27-17/h5-9,12H,10-11H2,1-4H3. The molecule has 0 bridgehead atoms. The van der Waals surface area contributed by atoms with Gasteiger partial charge in [0.1, 0.15) is 0 Å². The maximum atomic E-state index is 13.0. The Labute approximate surface area is 184 Å². The molecule has 10 heteroatoms. The van der Waals surface area contributed by atoms with E-state index < -0.39 is 0 Å². The topological polar surface area (TPSA) is 102 Å². The molecule has 0 aliphatic heterocycles. The first-order chi connectivity index (χ1) is 14.8. The molecule has 3 aromatic heterocycles. The van der Waals surface area contributed by atoms with Crippen LogP contribution >= 0.6 is 11.6 Å². The summed E-state index contributed by atoms with van der Waals surface area (Å²) >= 11 is 6.21. The highest BCUT2D eigenvalue weighted by Gasteiger charge is 2.23. The SMILES string of the molecule is Cc1cc(C)n2nc(CC(=O)N(Cc3nnc(-c4ccccc4Cl)o3)C(C)C)nc2n1. The van der Waals surface area contributed by atoms with Crippen molar-refractivity contribution in [1.82, 2.24) is 34.7 Å². The molecular formula is C21H22ClN7O2. The summed E-state index contributed by atoms with van der Waals surface area (Å²) in [5, 5.41) is 13.1. The van der Waals surface area contributed by atoms with Gasteiger partial charge in [0, 0.05) is 17.4 Å². The van der Waals surface area contributed by atoms with Crippen LogP contribution in [0, 0.1) is 13.8 Å². The minimum atomic E-state index is -0.141. The van der Waals surface area contributed by atoms with Crippen LogP contribution < -0.4 is 0 Å². The van der Waals surface area contributed by atoms with Crippen LogP contribution in [0.4, 0.5) is 0 Å². The van der Waals surface area contributed by atoms with Gasteiger partial charge in [-0.1, -0.05) is 23.7 Å². The lowest BCUT2D eigenvalue weighted by atomic mass is 10.2. The lowest BCUT2D eigenvalue weighted by Crippen LogP contribution is -2.37. The molecule has 0 N–H and O–H groups in total. The summed E-state index contributed by atoms with van der Waals surface area (Å²) in [5.74, 6) is 1.40. The molecule has 0 aliphatic rings. The number of hydrogen-bond acceptors (Lipinski definition) is 7. The van der Waals surface area contributed by atoms with E-state index in [4.69, 9.17) is 16.0 Å². The van der Waals surface area contributed by atoms with Crippen LogP contribution in [0.5, 0.6) is 0 Å². The Kier molecular flexibility index (Phi) is 5.69. The fourth-order valence-corrected chi connectivity index (χ4v) is 3.50. The van der Waals surface area contributed by atoms with Crippen molar-refractivity contribution in [2.45, 2.75) is 46.7 Å². The van der Waals surface area contributed by atoms with Gasteiger partial charge in [-0.05, 0) is 45.9 Å². The Morgan fingerprint density at radius 2 is 1.97 bits per heavy atom. The molecule has 1 aromatic carbocycles. The maximum absolute atomic E-state index is 13.0. The molecule has 3 heterocycles. The second-order valence-corrected chi connectivity index (χ2v) is 7.96. The van der Waals surface area contributed by atoms with Gasteiger partial charge in [0.25, 0.3) is 5.78 Å². The van der Waals surface area contributed by atoms with Crippen LogP contribution in [-0.4, -0.2) is 46.6 Å². The van der Waals surface area contributed by atoms with E-state index in [2.05, 4.69) is 25.3 Å². The zero-order chi connectivity index (χ0) is 22.1. The molecular weight excluding hydrogens is 418 g/mol. The molecule has 160 valence electrons. The van der Waals surface area contributed by atoms with Gasteiger partial charge in [0.05, 0.1) is 23.6 Å². The number of rotatable bonds is 6. The Balaban J connectivity index is 1.52. The molecule has 0 spiro atoms. The average molecular weight is 440 g/mol. The quantitative estimate of drug-likeness (QED) is 0.453.